The molecule has 1 aliphatic carbocycles. The smallest absolute Gasteiger partial charge is 0.0207 e. The molecule has 1 unspecified atom stereocenters. The van der Waals surface area contributed by atoms with Crippen molar-refractivity contribution in [1.29, 1.82) is 0 Å². The zero-order valence-electron chi connectivity index (χ0n) is 5.69. The summed E-state index contributed by atoms with van der Waals surface area (Å²) >= 11 is 0. The third-order valence-corrected chi connectivity index (χ3v) is 2.11. The van der Waals surface area contributed by atoms with Crippen LogP contribution in [0.25, 0.3) is 0 Å². The molecule has 0 aromatic rings. The van der Waals surface area contributed by atoms with Gasteiger partial charge in [0.2, 0.25) is 0 Å². The van der Waals surface area contributed by atoms with Gasteiger partial charge in [0.05, 0.1) is 0 Å². The second-order valence-corrected chi connectivity index (χ2v) is 3.13. The minimum Gasteiger partial charge on any atom is -0.315 e. The van der Waals surface area contributed by atoms with Crippen LogP contribution < -0.4 is 10.6 Å². The first-order valence-corrected chi connectivity index (χ1v) is 3.92. The van der Waals surface area contributed by atoms with Crippen molar-refractivity contribution in [2.24, 2.45) is 0 Å². The first-order valence-electron chi connectivity index (χ1n) is 3.92. The third-order valence-electron chi connectivity index (χ3n) is 2.11. The summed E-state index contributed by atoms with van der Waals surface area (Å²) in [5.74, 6) is 0. The number of nitrogens with one attached hydrogen (secondary N) is 2. The molecule has 2 nitrogen and oxygen atoms in total. The summed E-state index contributed by atoms with van der Waals surface area (Å²) in [6.45, 7) is 2.40. The van der Waals surface area contributed by atoms with Crippen molar-refractivity contribution in [3.8, 4) is 0 Å². The maximum absolute atomic E-state index is 3.59. The molecule has 2 aliphatic rings. The lowest BCUT2D eigenvalue weighted by Crippen LogP contribution is -2.32. The molecule has 1 heterocycles. The van der Waals surface area contributed by atoms with Gasteiger partial charge in [0.15, 0.2) is 0 Å². The van der Waals surface area contributed by atoms with Crippen molar-refractivity contribution < 1.29 is 0 Å². The van der Waals surface area contributed by atoms with Crippen molar-refractivity contribution >= 4 is 0 Å². The van der Waals surface area contributed by atoms with Crippen LogP contribution in [0.1, 0.15) is 19.3 Å². The maximum Gasteiger partial charge on any atom is 0.0207 e. The molecule has 1 saturated heterocycles. The van der Waals surface area contributed by atoms with Gasteiger partial charge in [-0.25, -0.2) is 0 Å². The molecule has 0 aromatic heterocycles. The highest BCUT2D eigenvalue weighted by molar-refractivity contribution is 4.88. The van der Waals surface area contributed by atoms with Gasteiger partial charge in [-0.2, -0.15) is 0 Å². The van der Waals surface area contributed by atoms with Gasteiger partial charge in [-0.05, 0) is 25.8 Å². The standard InChI is InChI=1S/C7H14N2/c1-2-6(1)9-7-3-4-8-5-7/h6-9H,1-5H2. The van der Waals surface area contributed by atoms with Crippen LogP contribution in [0, 0.1) is 0 Å². The molecule has 0 amide bonds. The van der Waals surface area contributed by atoms with E-state index in [1.807, 2.05) is 0 Å². The Bertz CT molecular complexity index is 93.1. The van der Waals surface area contributed by atoms with E-state index < -0.39 is 0 Å². The fraction of sp³-hybridized carbons (Fsp3) is 1.00. The Kier molecular flexibility index (Phi) is 1.44. The Hall–Kier alpha value is -0.0800. The molecule has 1 saturated carbocycles. The van der Waals surface area contributed by atoms with Crippen molar-refractivity contribution in [3.05, 3.63) is 0 Å². The van der Waals surface area contributed by atoms with E-state index in [4.69, 9.17) is 0 Å². The largest absolute Gasteiger partial charge is 0.315 e. The van der Waals surface area contributed by atoms with Crippen LogP contribution in [0.2, 0.25) is 0 Å². The summed E-state index contributed by atoms with van der Waals surface area (Å²) < 4.78 is 0. The van der Waals surface area contributed by atoms with E-state index >= 15 is 0 Å². The van der Waals surface area contributed by atoms with Gasteiger partial charge < -0.3 is 10.6 Å². The normalized spacial score (nSPS) is 35.3. The molecule has 2 rings (SSSR count). The van der Waals surface area contributed by atoms with E-state index in [1.165, 1.54) is 32.4 Å². The molecule has 2 N–H and O–H groups in total. The van der Waals surface area contributed by atoms with Crippen LogP contribution in [0.4, 0.5) is 0 Å². The monoisotopic (exact) mass is 126 g/mol. The van der Waals surface area contributed by atoms with Crippen LogP contribution in [0.5, 0.6) is 0 Å². The summed E-state index contributed by atoms with van der Waals surface area (Å²) in [5.41, 5.74) is 0. The summed E-state index contributed by atoms with van der Waals surface area (Å²) in [4.78, 5) is 0. The molecule has 0 radical (unpaired) electrons. The van der Waals surface area contributed by atoms with Crippen molar-refractivity contribution in [1.82, 2.24) is 10.6 Å². The quantitative estimate of drug-likeness (QED) is 0.548. The minimum atomic E-state index is 0.789. The first kappa shape index (κ1) is 5.69. The molecule has 1 atom stereocenters. The number of hydrogen-bond acceptors (Lipinski definition) is 2. The zero-order chi connectivity index (χ0) is 6.10. The van der Waals surface area contributed by atoms with Gasteiger partial charge in [0.1, 0.15) is 0 Å². The average Bonchev–Trinajstić information content (AvgIpc) is 2.46. The van der Waals surface area contributed by atoms with E-state index in [1.54, 1.807) is 0 Å². The van der Waals surface area contributed by atoms with Crippen LogP contribution in [0.15, 0.2) is 0 Å². The summed E-state index contributed by atoms with van der Waals surface area (Å²) in [7, 11) is 0. The first-order chi connectivity index (χ1) is 4.45. The fourth-order valence-corrected chi connectivity index (χ4v) is 1.38. The minimum absolute atomic E-state index is 0.789. The van der Waals surface area contributed by atoms with E-state index in [9.17, 15) is 0 Å². The number of hydrogen-bond donors (Lipinski definition) is 2. The topological polar surface area (TPSA) is 24.1 Å². The van der Waals surface area contributed by atoms with Gasteiger partial charge in [-0.15, -0.1) is 0 Å². The van der Waals surface area contributed by atoms with Crippen molar-refractivity contribution in [3.63, 3.8) is 0 Å². The van der Waals surface area contributed by atoms with Gasteiger partial charge in [0.25, 0.3) is 0 Å². The second-order valence-electron chi connectivity index (χ2n) is 3.13. The van der Waals surface area contributed by atoms with Gasteiger partial charge in [-0.3, -0.25) is 0 Å². The predicted molar refractivity (Wildman–Crippen MR) is 37.4 cm³/mol. The van der Waals surface area contributed by atoms with Crippen LogP contribution in [0.3, 0.4) is 0 Å². The Morgan fingerprint density at radius 3 is 2.56 bits per heavy atom. The van der Waals surface area contributed by atoms with E-state index in [0.29, 0.717) is 0 Å². The summed E-state index contributed by atoms with van der Waals surface area (Å²) in [6.07, 6.45) is 4.16. The van der Waals surface area contributed by atoms with Gasteiger partial charge in [0, 0.05) is 18.6 Å². The molecular formula is C7H14N2. The lowest BCUT2D eigenvalue weighted by Gasteiger charge is -2.08. The molecule has 2 heteroatoms. The zero-order valence-corrected chi connectivity index (χ0v) is 5.69. The Morgan fingerprint density at radius 1 is 1.11 bits per heavy atom. The number of rotatable bonds is 2. The Labute approximate surface area is 56.0 Å². The van der Waals surface area contributed by atoms with E-state index in [0.717, 1.165) is 12.1 Å². The fourth-order valence-electron chi connectivity index (χ4n) is 1.38. The molecule has 0 spiro atoms. The Morgan fingerprint density at radius 2 is 2.00 bits per heavy atom. The summed E-state index contributed by atoms with van der Waals surface area (Å²) in [6, 6.07) is 1.67. The summed E-state index contributed by atoms with van der Waals surface area (Å²) in [5, 5.41) is 6.93. The van der Waals surface area contributed by atoms with Crippen molar-refractivity contribution in [2.75, 3.05) is 13.1 Å². The van der Waals surface area contributed by atoms with Crippen LogP contribution in [-0.2, 0) is 0 Å². The molecule has 9 heavy (non-hydrogen) atoms. The highest BCUT2D eigenvalue weighted by Crippen LogP contribution is 2.20. The predicted octanol–water partition coefficient (Wildman–Crippen LogP) is 0.100. The van der Waals surface area contributed by atoms with Crippen LogP contribution in [-0.4, -0.2) is 25.2 Å². The molecule has 1 aliphatic heterocycles. The van der Waals surface area contributed by atoms with Gasteiger partial charge >= 0.3 is 0 Å². The maximum atomic E-state index is 3.59. The lowest BCUT2D eigenvalue weighted by atomic mass is 10.2. The SMILES string of the molecule is C1CC(NC2CC2)CN1. The molecule has 52 valence electrons. The molecule has 2 fully saturated rings. The highest BCUT2D eigenvalue weighted by atomic mass is 15.1. The lowest BCUT2D eigenvalue weighted by molar-refractivity contribution is 0.544. The van der Waals surface area contributed by atoms with E-state index in [2.05, 4.69) is 10.6 Å². The second kappa shape index (κ2) is 2.27. The van der Waals surface area contributed by atoms with Crippen molar-refractivity contribution in [2.45, 2.75) is 31.3 Å². The molecule has 0 aromatic carbocycles. The average molecular weight is 126 g/mol. The van der Waals surface area contributed by atoms with Gasteiger partial charge in [-0.1, -0.05) is 0 Å². The highest BCUT2D eigenvalue weighted by Gasteiger charge is 2.25. The third kappa shape index (κ3) is 1.43. The Balaban J connectivity index is 1.70. The molecular weight excluding hydrogens is 112 g/mol. The molecule has 0 bridgehead atoms. The van der Waals surface area contributed by atoms with Crippen LogP contribution >= 0.6 is 0 Å². The van der Waals surface area contributed by atoms with E-state index in [-0.39, 0.29) is 0 Å².